The first-order valence-corrected chi connectivity index (χ1v) is 10.6. The van der Waals surface area contributed by atoms with Crippen LogP contribution in [0.2, 0.25) is 0 Å². The Labute approximate surface area is 203 Å². The van der Waals surface area contributed by atoms with Crippen molar-refractivity contribution in [3.63, 3.8) is 0 Å². The maximum atomic E-state index is 13.5. The van der Waals surface area contributed by atoms with Gasteiger partial charge in [-0.1, -0.05) is 36.4 Å². The second-order valence-corrected chi connectivity index (χ2v) is 7.49. The molecule has 0 aliphatic carbocycles. The second-order valence-electron chi connectivity index (χ2n) is 7.49. The Balaban J connectivity index is 1.77. The van der Waals surface area contributed by atoms with Crippen molar-refractivity contribution >= 4 is 11.9 Å². The summed E-state index contributed by atoms with van der Waals surface area (Å²) >= 11 is 0. The van der Waals surface area contributed by atoms with Gasteiger partial charge in [-0.05, 0) is 23.8 Å². The first-order valence-electron chi connectivity index (χ1n) is 10.6. The molecule has 0 bridgehead atoms. The molecule has 0 atom stereocenters. The zero-order chi connectivity index (χ0) is 25.8. The average molecular weight is 496 g/mol. The van der Waals surface area contributed by atoms with E-state index in [1.807, 2.05) is 0 Å². The number of aromatic nitrogens is 2. The second kappa shape index (κ2) is 10.3. The molecule has 0 radical (unpaired) electrons. The third kappa shape index (κ3) is 4.78. The van der Waals surface area contributed by atoms with E-state index in [-0.39, 0.29) is 29.3 Å². The molecular weight excluding hydrogens is 477 g/mol. The highest BCUT2D eigenvalue weighted by molar-refractivity contribution is 6.06. The summed E-state index contributed by atoms with van der Waals surface area (Å²) in [7, 11) is 2.36. The molecule has 0 amide bonds. The maximum Gasteiger partial charge on any atom is 0.357 e. The van der Waals surface area contributed by atoms with E-state index in [0.29, 0.717) is 16.8 Å². The van der Waals surface area contributed by atoms with Gasteiger partial charge in [-0.15, -0.1) is 0 Å². The molecule has 0 unspecified atom stereocenters. The van der Waals surface area contributed by atoms with Crippen LogP contribution >= 0.6 is 0 Å². The van der Waals surface area contributed by atoms with Crippen LogP contribution in [0.25, 0.3) is 16.9 Å². The summed E-state index contributed by atoms with van der Waals surface area (Å²) < 4.78 is 56.7. The Bertz CT molecular complexity index is 1410. The van der Waals surface area contributed by atoms with E-state index >= 15 is 0 Å². The molecule has 0 spiro atoms. The zero-order valence-electron chi connectivity index (χ0n) is 19.1. The van der Waals surface area contributed by atoms with Crippen LogP contribution in [-0.2, 0) is 16.1 Å². The van der Waals surface area contributed by atoms with Gasteiger partial charge in [-0.3, -0.25) is 0 Å². The number of benzene rings is 3. The van der Waals surface area contributed by atoms with E-state index in [9.17, 15) is 22.8 Å². The van der Waals surface area contributed by atoms with Crippen LogP contribution in [0.15, 0.2) is 66.7 Å². The number of ether oxygens (including phenoxy) is 3. The molecular formula is C26H19F3N2O5. The SMILES string of the molecule is COC(=O)c1c(-c2cccc(COc3cc(F)c(F)c(F)c3)c2)nn(-c2ccccc2)c1C(=O)OC. The number of hydrogen-bond donors (Lipinski definition) is 0. The smallest absolute Gasteiger partial charge is 0.357 e. The lowest BCUT2D eigenvalue weighted by molar-refractivity contribution is 0.0549. The largest absolute Gasteiger partial charge is 0.489 e. The fourth-order valence-electron chi connectivity index (χ4n) is 3.55. The van der Waals surface area contributed by atoms with E-state index in [1.54, 1.807) is 54.6 Å². The minimum atomic E-state index is -1.59. The molecule has 0 saturated carbocycles. The van der Waals surface area contributed by atoms with Crippen LogP contribution in [0.3, 0.4) is 0 Å². The van der Waals surface area contributed by atoms with Gasteiger partial charge in [0.25, 0.3) is 0 Å². The van der Waals surface area contributed by atoms with E-state index in [0.717, 1.165) is 12.1 Å². The number of esters is 2. The Morgan fingerprint density at radius 2 is 1.53 bits per heavy atom. The predicted molar refractivity (Wildman–Crippen MR) is 122 cm³/mol. The van der Waals surface area contributed by atoms with Gasteiger partial charge >= 0.3 is 11.9 Å². The maximum absolute atomic E-state index is 13.5. The van der Waals surface area contributed by atoms with E-state index in [1.165, 1.54) is 18.9 Å². The molecule has 1 aromatic heterocycles. The summed E-state index contributed by atoms with van der Waals surface area (Å²) in [5, 5.41) is 4.51. The fraction of sp³-hybridized carbons (Fsp3) is 0.115. The summed E-state index contributed by atoms with van der Waals surface area (Å²) in [6, 6.07) is 16.8. The van der Waals surface area contributed by atoms with Gasteiger partial charge in [0.2, 0.25) is 0 Å². The summed E-state index contributed by atoms with van der Waals surface area (Å²) in [4.78, 5) is 25.5. The van der Waals surface area contributed by atoms with Gasteiger partial charge in [0.1, 0.15) is 23.6 Å². The fourth-order valence-corrected chi connectivity index (χ4v) is 3.55. The molecule has 10 heteroatoms. The normalized spacial score (nSPS) is 10.7. The number of carbonyl (C=O) groups is 2. The van der Waals surface area contributed by atoms with E-state index in [2.05, 4.69) is 5.10 Å². The number of halogens is 3. The predicted octanol–water partition coefficient (Wildman–Crippen LogP) is 5.11. The van der Waals surface area contributed by atoms with E-state index < -0.39 is 29.4 Å². The Morgan fingerprint density at radius 1 is 0.861 bits per heavy atom. The van der Waals surface area contributed by atoms with Crippen LogP contribution < -0.4 is 4.74 Å². The molecule has 0 fully saturated rings. The van der Waals surface area contributed by atoms with Crippen LogP contribution in [-0.4, -0.2) is 35.9 Å². The number of para-hydroxylation sites is 1. The molecule has 36 heavy (non-hydrogen) atoms. The quantitative estimate of drug-likeness (QED) is 0.261. The highest BCUT2D eigenvalue weighted by Crippen LogP contribution is 2.30. The molecule has 0 aliphatic heterocycles. The lowest BCUT2D eigenvalue weighted by Gasteiger charge is -2.09. The first kappa shape index (κ1) is 24.5. The molecule has 7 nitrogen and oxygen atoms in total. The van der Waals surface area contributed by atoms with Gasteiger partial charge in [0.05, 0.1) is 19.9 Å². The Hall–Kier alpha value is -4.60. The Morgan fingerprint density at radius 3 is 2.17 bits per heavy atom. The number of methoxy groups -OCH3 is 2. The average Bonchev–Trinajstić information content (AvgIpc) is 3.31. The van der Waals surface area contributed by atoms with Gasteiger partial charge in [0.15, 0.2) is 23.1 Å². The van der Waals surface area contributed by atoms with Crippen molar-refractivity contribution in [2.24, 2.45) is 0 Å². The minimum absolute atomic E-state index is 0.103. The molecule has 4 aromatic rings. The molecule has 0 saturated heterocycles. The van der Waals surface area contributed by atoms with Crippen LogP contribution in [0, 0.1) is 17.5 Å². The van der Waals surface area contributed by atoms with Gasteiger partial charge in [-0.2, -0.15) is 5.10 Å². The summed E-state index contributed by atoms with van der Waals surface area (Å²) in [5.74, 6) is -6.13. The third-order valence-electron chi connectivity index (χ3n) is 5.22. The summed E-state index contributed by atoms with van der Waals surface area (Å²) in [6.07, 6.45) is 0. The van der Waals surface area contributed by atoms with Crippen LogP contribution in [0.4, 0.5) is 13.2 Å². The molecule has 3 aromatic carbocycles. The van der Waals surface area contributed by atoms with E-state index in [4.69, 9.17) is 14.2 Å². The van der Waals surface area contributed by atoms with Gasteiger partial charge in [0, 0.05) is 17.7 Å². The molecule has 1 heterocycles. The first-order chi connectivity index (χ1) is 17.3. The number of hydrogen-bond acceptors (Lipinski definition) is 6. The molecule has 0 aliphatic rings. The third-order valence-corrected chi connectivity index (χ3v) is 5.22. The van der Waals surface area contributed by atoms with Gasteiger partial charge in [-0.25, -0.2) is 27.4 Å². The Kier molecular flexibility index (Phi) is 7.05. The van der Waals surface area contributed by atoms with Gasteiger partial charge < -0.3 is 14.2 Å². The molecule has 184 valence electrons. The molecule has 4 rings (SSSR count). The lowest BCUT2D eigenvalue weighted by Crippen LogP contribution is -2.15. The topological polar surface area (TPSA) is 79.7 Å². The van der Waals surface area contributed by atoms with Crippen molar-refractivity contribution in [2.45, 2.75) is 6.61 Å². The lowest BCUT2D eigenvalue weighted by atomic mass is 10.0. The van der Waals surface area contributed by atoms with Crippen molar-refractivity contribution in [3.8, 4) is 22.7 Å². The minimum Gasteiger partial charge on any atom is -0.489 e. The van der Waals surface area contributed by atoms with Crippen molar-refractivity contribution < 1.29 is 37.0 Å². The molecule has 0 N–H and O–H groups in total. The highest BCUT2D eigenvalue weighted by Gasteiger charge is 2.31. The van der Waals surface area contributed by atoms with Crippen molar-refractivity contribution in [3.05, 3.63) is 101 Å². The number of nitrogens with zero attached hydrogens (tertiary/aromatic N) is 2. The van der Waals surface area contributed by atoms with Crippen molar-refractivity contribution in [1.82, 2.24) is 9.78 Å². The monoisotopic (exact) mass is 496 g/mol. The van der Waals surface area contributed by atoms with Crippen LogP contribution in [0.5, 0.6) is 5.75 Å². The van der Waals surface area contributed by atoms with Crippen LogP contribution in [0.1, 0.15) is 26.4 Å². The number of carbonyl (C=O) groups excluding carboxylic acids is 2. The van der Waals surface area contributed by atoms with Crippen molar-refractivity contribution in [1.29, 1.82) is 0 Å². The highest BCUT2D eigenvalue weighted by atomic mass is 19.2. The van der Waals surface area contributed by atoms with Crippen molar-refractivity contribution in [2.75, 3.05) is 14.2 Å². The zero-order valence-corrected chi connectivity index (χ0v) is 19.1. The summed E-state index contributed by atoms with van der Waals surface area (Å²) in [5.41, 5.74) is 1.41. The summed E-state index contributed by atoms with van der Waals surface area (Å²) in [6.45, 7) is -0.130. The number of rotatable bonds is 7. The standard InChI is InChI=1S/C26H19F3N2O5/c1-34-25(32)21-23(30-31(24(21)26(33)35-2)17-9-4-3-5-10-17)16-8-6-7-15(11-16)14-36-18-12-19(27)22(29)20(28)13-18/h3-13H,14H2,1-2H3.